The zero-order valence-corrected chi connectivity index (χ0v) is 12.4. The van der Waals surface area contributed by atoms with E-state index in [0.29, 0.717) is 0 Å². The third-order valence-corrected chi connectivity index (χ3v) is 4.97. The molecule has 0 atom stereocenters. The summed E-state index contributed by atoms with van der Waals surface area (Å²) in [6, 6.07) is 5.98. The van der Waals surface area contributed by atoms with Gasteiger partial charge in [0.05, 0.1) is 10.9 Å². The SMILES string of the molecule is Cn1cc(Br)c2cccc(C3(C(=O)O)CCCC3)c21. The number of rotatable bonds is 2. The second kappa shape index (κ2) is 4.37. The molecule has 4 heteroatoms. The minimum Gasteiger partial charge on any atom is -0.481 e. The summed E-state index contributed by atoms with van der Waals surface area (Å²) in [5.41, 5.74) is 1.30. The van der Waals surface area contributed by atoms with Gasteiger partial charge in [0.15, 0.2) is 0 Å². The molecule has 1 fully saturated rings. The van der Waals surface area contributed by atoms with Gasteiger partial charge < -0.3 is 9.67 Å². The maximum Gasteiger partial charge on any atom is 0.314 e. The van der Waals surface area contributed by atoms with Crippen molar-refractivity contribution in [2.45, 2.75) is 31.1 Å². The Morgan fingerprint density at radius 3 is 2.68 bits per heavy atom. The Bertz CT molecular complexity index is 653. The van der Waals surface area contributed by atoms with E-state index in [0.717, 1.165) is 46.6 Å². The molecule has 19 heavy (non-hydrogen) atoms. The molecule has 3 rings (SSSR count). The number of aryl methyl sites for hydroxylation is 1. The molecule has 1 aliphatic rings. The van der Waals surface area contributed by atoms with Crippen molar-refractivity contribution >= 4 is 32.8 Å². The summed E-state index contributed by atoms with van der Waals surface area (Å²) in [5.74, 6) is -0.685. The lowest BCUT2D eigenvalue weighted by Gasteiger charge is -2.25. The number of benzene rings is 1. The summed E-state index contributed by atoms with van der Waals surface area (Å²) in [6.07, 6.45) is 5.47. The first-order valence-corrected chi connectivity index (χ1v) is 7.33. The highest BCUT2D eigenvalue weighted by Crippen LogP contribution is 2.45. The molecule has 0 bridgehead atoms. The summed E-state index contributed by atoms with van der Waals surface area (Å²) in [5, 5.41) is 10.8. The van der Waals surface area contributed by atoms with Crippen LogP contribution in [0.25, 0.3) is 10.9 Å². The number of fused-ring (bicyclic) bond motifs is 1. The summed E-state index contributed by atoms with van der Waals surface area (Å²) in [4.78, 5) is 11.9. The highest BCUT2D eigenvalue weighted by atomic mass is 79.9. The van der Waals surface area contributed by atoms with Gasteiger partial charge >= 0.3 is 5.97 Å². The number of halogens is 1. The van der Waals surface area contributed by atoms with Gasteiger partial charge in [0, 0.05) is 23.1 Å². The lowest BCUT2D eigenvalue weighted by Crippen LogP contribution is -2.33. The number of aromatic nitrogens is 1. The van der Waals surface area contributed by atoms with Crippen molar-refractivity contribution in [2.75, 3.05) is 0 Å². The summed E-state index contributed by atoms with van der Waals surface area (Å²) in [6.45, 7) is 0. The van der Waals surface area contributed by atoms with E-state index in [1.165, 1.54) is 0 Å². The van der Waals surface area contributed by atoms with Crippen LogP contribution in [0.4, 0.5) is 0 Å². The molecule has 2 aromatic rings. The number of para-hydroxylation sites is 1. The van der Waals surface area contributed by atoms with E-state index < -0.39 is 11.4 Å². The van der Waals surface area contributed by atoms with Crippen molar-refractivity contribution in [2.24, 2.45) is 7.05 Å². The van der Waals surface area contributed by atoms with Gasteiger partial charge in [0.25, 0.3) is 0 Å². The van der Waals surface area contributed by atoms with Gasteiger partial charge in [0.1, 0.15) is 0 Å². The van der Waals surface area contributed by atoms with Crippen LogP contribution in [0, 0.1) is 0 Å². The summed E-state index contributed by atoms with van der Waals surface area (Å²) >= 11 is 3.55. The van der Waals surface area contributed by atoms with Crippen LogP contribution in [0.5, 0.6) is 0 Å². The highest BCUT2D eigenvalue weighted by Gasteiger charge is 2.44. The van der Waals surface area contributed by atoms with E-state index in [1.54, 1.807) is 0 Å². The number of aliphatic carboxylic acids is 1. The fourth-order valence-corrected chi connectivity index (χ4v) is 4.01. The Labute approximate surface area is 120 Å². The monoisotopic (exact) mass is 321 g/mol. The van der Waals surface area contributed by atoms with E-state index in [2.05, 4.69) is 15.9 Å². The average molecular weight is 322 g/mol. The number of hydrogen-bond acceptors (Lipinski definition) is 1. The third kappa shape index (κ3) is 1.73. The standard InChI is InChI=1S/C15H16BrNO2/c1-17-9-12(16)10-5-4-6-11(13(10)17)15(14(18)19)7-2-3-8-15/h4-6,9H,2-3,7-8H2,1H3,(H,18,19). The first kappa shape index (κ1) is 12.7. The molecule has 0 spiro atoms. The molecule has 0 aliphatic heterocycles. The molecule has 0 saturated heterocycles. The summed E-state index contributed by atoms with van der Waals surface area (Å²) in [7, 11) is 1.97. The Morgan fingerprint density at radius 2 is 2.05 bits per heavy atom. The molecule has 1 aromatic carbocycles. The molecule has 1 saturated carbocycles. The number of carboxylic acid groups (broad SMARTS) is 1. The van der Waals surface area contributed by atoms with Crippen molar-refractivity contribution in [3.8, 4) is 0 Å². The molecule has 1 N–H and O–H groups in total. The van der Waals surface area contributed by atoms with E-state index >= 15 is 0 Å². The second-order valence-electron chi connectivity index (χ2n) is 5.38. The topological polar surface area (TPSA) is 42.2 Å². The second-order valence-corrected chi connectivity index (χ2v) is 6.24. The number of carboxylic acids is 1. The van der Waals surface area contributed by atoms with Crippen LogP contribution in [0.3, 0.4) is 0 Å². The zero-order chi connectivity index (χ0) is 13.6. The van der Waals surface area contributed by atoms with Crippen molar-refractivity contribution in [3.63, 3.8) is 0 Å². The quantitative estimate of drug-likeness (QED) is 0.913. The van der Waals surface area contributed by atoms with Gasteiger partial charge in [-0.1, -0.05) is 31.0 Å². The van der Waals surface area contributed by atoms with E-state index in [4.69, 9.17) is 0 Å². The van der Waals surface area contributed by atoms with Crippen LogP contribution in [0.15, 0.2) is 28.9 Å². The molecule has 3 nitrogen and oxygen atoms in total. The van der Waals surface area contributed by atoms with Crippen molar-refractivity contribution in [1.82, 2.24) is 4.57 Å². The first-order valence-electron chi connectivity index (χ1n) is 6.54. The Morgan fingerprint density at radius 1 is 1.37 bits per heavy atom. The third-order valence-electron chi connectivity index (χ3n) is 4.34. The maximum atomic E-state index is 11.9. The Balaban J connectivity index is 2.33. The van der Waals surface area contributed by atoms with Crippen LogP contribution in [-0.4, -0.2) is 15.6 Å². The van der Waals surface area contributed by atoms with Crippen molar-refractivity contribution < 1.29 is 9.90 Å². The van der Waals surface area contributed by atoms with Crippen LogP contribution in [0.1, 0.15) is 31.2 Å². The fourth-order valence-electron chi connectivity index (χ4n) is 3.38. The molecule has 0 amide bonds. The van der Waals surface area contributed by atoms with Gasteiger partial charge in [-0.2, -0.15) is 0 Å². The Kier molecular flexibility index (Phi) is 2.93. The molecule has 1 aliphatic carbocycles. The minimum atomic E-state index is -0.703. The van der Waals surface area contributed by atoms with Gasteiger partial charge in [-0.25, -0.2) is 0 Å². The lowest BCUT2D eigenvalue weighted by molar-refractivity contribution is -0.143. The maximum absolute atomic E-state index is 11.9. The predicted octanol–water partition coefficient (Wildman–Crippen LogP) is 3.84. The molecule has 0 unspecified atom stereocenters. The average Bonchev–Trinajstić information content (AvgIpc) is 2.97. The van der Waals surface area contributed by atoms with E-state index in [9.17, 15) is 9.90 Å². The van der Waals surface area contributed by atoms with Crippen molar-refractivity contribution in [1.29, 1.82) is 0 Å². The van der Waals surface area contributed by atoms with Crippen LogP contribution < -0.4 is 0 Å². The number of nitrogens with zero attached hydrogens (tertiary/aromatic N) is 1. The molecule has 1 aromatic heterocycles. The van der Waals surface area contributed by atoms with Gasteiger partial charge in [-0.05, 0) is 34.3 Å². The van der Waals surface area contributed by atoms with Crippen LogP contribution in [-0.2, 0) is 17.3 Å². The zero-order valence-electron chi connectivity index (χ0n) is 10.8. The summed E-state index contributed by atoms with van der Waals surface area (Å²) < 4.78 is 3.04. The minimum absolute atomic E-state index is 0.685. The highest BCUT2D eigenvalue weighted by molar-refractivity contribution is 9.10. The van der Waals surface area contributed by atoms with Gasteiger partial charge in [0.2, 0.25) is 0 Å². The largest absolute Gasteiger partial charge is 0.481 e. The molecule has 100 valence electrons. The molecular formula is C15H16BrNO2. The normalized spacial score (nSPS) is 18.0. The first-order chi connectivity index (χ1) is 9.06. The Hall–Kier alpha value is -1.29. The van der Waals surface area contributed by atoms with Crippen molar-refractivity contribution in [3.05, 3.63) is 34.4 Å². The lowest BCUT2D eigenvalue weighted by atomic mass is 9.78. The molecular weight excluding hydrogens is 306 g/mol. The van der Waals surface area contributed by atoms with E-state index in [-0.39, 0.29) is 0 Å². The number of hydrogen-bond donors (Lipinski definition) is 1. The fraction of sp³-hybridized carbons (Fsp3) is 0.400. The molecule has 0 radical (unpaired) electrons. The van der Waals surface area contributed by atoms with E-state index in [1.807, 2.05) is 36.0 Å². The molecule has 1 heterocycles. The smallest absolute Gasteiger partial charge is 0.314 e. The van der Waals surface area contributed by atoms with Gasteiger partial charge in [-0.3, -0.25) is 4.79 Å². The van der Waals surface area contributed by atoms with Crippen LogP contribution >= 0.6 is 15.9 Å². The predicted molar refractivity (Wildman–Crippen MR) is 78.4 cm³/mol. The van der Waals surface area contributed by atoms with Gasteiger partial charge in [-0.15, -0.1) is 0 Å². The van der Waals surface area contributed by atoms with Crippen LogP contribution in [0.2, 0.25) is 0 Å². The number of carbonyl (C=O) groups is 1.